The van der Waals surface area contributed by atoms with E-state index in [1.165, 1.54) is 6.07 Å². The first kappa shape index (κ1) is 14.0. The van der Waals surface area contributed by atoms with Crippen molar-refractivity contribution in [1.82, 2.24) is 4.90 Å². The Morgan fingerprint density at radius 2 is 2.00 bits per heavy atom. The Bertz CT molecular complexity index is 368. The van der Waals surface area contributed by atoms with Gasteiger partial charge in [0.2, 0.25) is 0 Å². The van der Waals surface area contributed by atoms with Crippen molar-refractivity contribution in [1.29, 1.82) is 0 Å². The third-order valence-electron chi connectivity index (χ3n) is 2.61. The highest BCUT2D eigenvalue weighted by Crippen LogP contribution is 2.17. The van der Waals surface area contributed by atoms with E-state index in [1.54, 1.807) is 30.1 Å². The molecule has 0 aromatic heterocycles. The molecule has 1 rings (SSSR count). The molecule has 1 aromatic carbocycles. The largest absolute Gasteiger partial charge is 0.507 e. The fourth-order valence-electron chi connectivity index (χ4n) is 1.58. The maximum absolute atomic E-state index is 12.0. The average molecular weight is 300 g/mol. The van der Waals surface area contributed by atoms with E-state index in [0.717, 1.165) is 31.1 Å². The van der Waals surface area contributed by atoms with Gasteiger partial charge in [-0.1, -0.05) is 34.5 Å². The molecule has 0 aliphatic heterocycles. The van der Waals surface area contributed by atoms with Crippen LogP contribution in [0, 0.1) is 0 Å². The normalized spacial score (nSPS) is 10.2. The molecule has 0 atom stereocenters. The van der Waals surface area contributed by atoms with Gasteiger partial charge in [0.1, 0.15) is 5.75 Å². The Hall–Kier alpha value is -1.03. The van der Waals surface area contributed by atoms with E-state index in [1.807, 2.05) is 0 Å². The number of carbonyl (C=O) groups excluding carboxylic acids is 1. The van der Waals surface area contributed by atoms with Crippen LogP contribution in [0.4, 0.5) is 0 Å². The third kappa shape index (κ3) is 4.38. The second-order valence-electron chi connectivity index (χ2n) is 3.99. The van der Waals surface area contributed by atoms with Gasteiger partial charge >= 0.3 is 0 Å². The van der Waals surface area contributed by atoms with Crippen LogP contribution in [0.15, 0.2) is 24.3 Å². The summed E-state index contributed by atoms with van der Waals surface area (Å²) in [6.07, 6.45) is 3.21. The van der Waals surface area contributed by atoms with Gasteiger partial charge in [0.25, 0.3) is 5.91 Å². The lowest BCUT2D eigenvalue weighted by atomic mass is 10.1. The van der Waals surface area contributed by atoms with Crippen LogP contribution >= 0.6 is 15.9 Å². The van der Waals surface area contributed by atoms with E-state index in [-0.39, 0.29) is 11.7 Å². The number of phenols is 1. The number of nitrogens with zero attached hydrogens (tertiary/aromatic N) is 1. The zero-order chi connectivity index (χ0) is 12.7. The average Bonchev–Trinajstić information content (AvgIpc) is 2.34. The van der Waals surface area contributed by atoms with Gasteiger partial charge in [0.05, 0.1) is 5.56 Å². The number of hydrogen-bond donors (Lipinski definition) is 1. The molecule has 94 valence electrons. The molecule has 0 radical (unpaired) electrons. The number of halogens is 1. The smallest absolute Gasteiger partial charge is 0.257 e. The number of rotatable bonds is 6. The Kier molecular flexibility index (Phi) is 6.05. The summed E-state index contributed by atoms with van der Waals surface area (Å²) in [5, 5.41) is 10.6. The first-order valence-corrected chi connectivity index (χ1v) is 6.88. The van der Waals surface area contributed by atoms with Crippen molar-refractivity contribution in [3.8, 4) is 5.75 Å². The molecule has 3 nitrogen and oxygen atoms in total. The topological polar surface area (TPSA) is 40.5 Å². The number of phenolic OH excluding ortho intramolecular Hbond substituents is 1. The van der Waals surface area contributed by atoms with E-state index in [9.17, 15) is 9.90 Å². The van der Waals surface area contributed by atoms with Crippen molar-refractivity contribution in [3.05, 3.63) is 29.8 Å². The molecular weight excluding hydrogens is 282 g/mol. The summed E-state index contributed by atoms with van der Waals surface area (Å²) in [6.45, 7) is 0.722. The minimum absolute atomic E-state index is 0.0461. The number of alkyl halides is 1. The van der Waals surface area contributed by atoms with Gasteiger partial charge in [-0.15, -0.1) is 0 Å². The van der Waals surface area contributed by atoms with E-state index in [0.29, 0.717) is 5.56 Å². The molecule has 0 fully saturated rings. The lowest BCUT2D eigenvalue weighted by molar-refractivity contribution is 0.0790. The Labute approximate surface area is 111 Å². The maximum Gasteiger partial charge on any atom is 0.257 e. The molecule has 0 bridgehead atoms. The molecule has 0 saturated carbocycles. The number of amides is 1. The predicted molar refractivity (Wildman–Crippen MR) is 72.7 cm³/mol. The van der Waals surface area contributed by atoms with E-state index >= 15 is 0 Å². The van der Waals surface area contributed by atoms with Crippen molar-refractivity contribution >= 4 is 21.8 Å². The molecule has 1 amide bonds. The molecule has 0 spiro atoms. The van der Waals surface area contributed by atoms with Crippen LogP contribution in [0.1, 0.15) is 29.6 Å². The summed E-state index contributed by atoms with van der Waals surface area (Å²) in [7, 11) is 1.77. The molecule has 1 aromatic rings. The molecule has 4 heteroatoms. The van der Waals surface area contributed by atoms with Crippen LogP contribution in [0.25, 0.3) is 0 Å². The van der Waals surface area contributed by atoms with Crippen LogP contribution < -0.4 is 0 Å². The lowest BCUT2D eigenvalue weighted by Gasteiger charge is -2.17. The molecule has 0 aliphatic rings. The fourth-order valence-corrected chi connectivity index (χ4v) is 1.98. The number of hydrogen-bond acceptors (Lipinski definition) is 2. The van der Waals surface area contributed by atoms with E-state index in [2.05, 4.69) is 15.9 Å². The molecule has 17 heavy (non-hydrogen) atoms. The standard InChI is InChI=1S/C13H18BrNO2/c1-15(10-6-2-5-9-14)13(17)11-7-3-4-8-12(11)16/h3-4,7-8,16H,2,5-6,9-10H2,1H3. The number of unbranched alkanes of at least 4 members (excludes halogenated alkanes) is 2. The van der Waals surface area contributed by atoms with Crippen LogP contribution in [0.2, 0.25) is 0 Å². The maximum atomic E-state index is 12.0. The summed E-state index contributed by atoms with van der Waals surface area (Å²) < 4.78 is 0. The van der Waals surface area contributed by atoms with Gasteiger partial charge in [0.15, 0.2) is 0 Å². The first-order valence-electron chi connectivity index (χ1n) is 5.76. The highest BCUT2D eigenvalue weighted by molar-refractivity contribution is 9.09. The zero-order valence-corrected chi connectivity index (χ0v) is 11.6. The molecule has 0 aliphatic carbocycles. The quantitative estimate of drug-likeness (QED) is 0.648. The minimum atomic E-state index is -0.123. The Morgan fingerprint density at radius 1 is 1.29 bits per heavy atom. The fraction of sp³-hybridized carbons (Fsp3) is 0.462. The first-order chi connectivity index (χ1) is 8.16. The van der Waals surface area contributed by atoms with Crippen molar-refractivity contribution in [2.75, 3.05) is 18.9 Å². The predicted octanol–water partition coefficient (Wildman–Crippen LogP) is 3.03. The highest BCUT2D eigenvalue weighted by Gasteiger charge is 2.14. The van der Waals surface area contributed by atoms with E-state index < -0.39 is 0 Å². The molecule has 0 unspecified atom stereocenters. The van der Waals surface area contributed by atoms with Gasteiger partial charge in [-0.2, -0.15) is 0 Å². The van der Waals surface area contributed by atoms with Crippen molar-refractivity contribution in [3.63, 3.8) is 0 Å². The van der Waals surface area contributed by atoms with Gasteiger partial charge in [-0.05, 0) is 25.0 Å². The SMILES string of the molecule is CN(CCCCCBr)C(=O)c1ccccc1O. The van der Waals surface area contributed by atoms with Crippen molar-refractivity contribution in [2.45, 2.75) is 19.3 Å². The van der Waals surface area contributed by atoms with Crippen LogP contribution in [-0.2, 0) is 0 Å². The lowest BCUT2D eigenvalue weighted by Crippen LogP contribution is -2.27. The number of aromatic hydroxyl groups is 1. The third-order valence-corrected chi connectivity index (χ3v) is 3.17. The van der Waals surface area contributed by atoms with Crippen LogP contribution in [0.3, 0.4) is 0 Å². The van der Waals surface area contributed by atoms with Gasteiger partial charge in [0, 0.05) is 18.9 Å². The monoisotopic (exact) mass is 299 g/mol. The van der Waals surface area contributed by atoms with Crippen LogP contribution in [-0.4, -0.2) is 34.8 Å². The molecule has 0 heterocycles. The van der Waals surface area contributed by atoms with Crippen LogP contribution in [0.5, 0.6) is 5.75 Å². The number of carbonyl (C=O) groups is 1. The Balaban J connectivity index is 2.49. The summed E-state index contributed by atoms with van der Waals surface area (Å²) in [4.78, 5) is 13.6. The summed E-state index contributed by atoms with van der Waals surface area (Å²) in [5.41, 5.74) is 0.371. The number of para-hydroxylation sites is 1. The minimum Gasteiger partial charge on any atom is -0.507 e. The van der Waals surface area contributed by atoms with Gasteiger partial charge < -0.3 is 10.0 Å². The summed E-state index contributed by atoms with van der Waals surface area (Å²) >= 11 is 3.38. The van der Waals surface area contributed by atoms with Crippen molar-refractivity contribution < 1.29 is 9.90 Å². The van der Waals surface area contributed by atoms with Crippen molar-refractivity contribution in [2.24, 2.45) is 0 Å². The second kappa shape index (κ2) is 7.33. The summed E-state index contributed by atoms with van der Waals surface area (Å²) in [6, 6.07) is 6.65. The second-order valence-corrected chi connectivity index (χ2v) is 4.79. The molecular formula is C13H18BrNO2. The molecule has 1 N–H and O–H groups in total. The summed E-state index contributed by atoms with van der Waals surface area (Å²) in [5.74, 6) is -0.0771. The van der Waals surface area contributed by atoms with E-state index in [4.69, 9.17) is 0 Å². The number of benzene rings is 1. The van der Waals surface area contributed by atoms with Gasteiger partial charge in [-0.25, -0.2) is 0 Å². The van der Waals surface area contributed by atoms with Gasteiger partial charge in [-0.3, -0.25) is 4.79 Å². The molecule has 0 saturated heterocycles. The highest BCUT2D eigenvalue weighted by atomic mass is 79.9. The zero-order valence-electron chi connectivity index (χ0n) is 10.0. The Morgan fingerprint density at radius 3 is 2.65 bits per heavy atom.